The van der Waals surface area contributed by atoms with E-state index in [0.717, 1.165) is 0 Å². The van der Waals surface area contributed by atoms with Gasteiger partial charge < -0.3 is 0 Å². The molecule has 0 aliphatic carbocycles. The predicted molar refractivity (Wildman–Crippen MR) is 72.4 cm³/mol. The van der Waals surface area contributed by atoms with Crippen LogP contribution in [-0.4, -0.2) is 0 Å². The van der Waals surface area contributed by atoms with Gasteiger partial charge in [0.2, 0.25) is 0 Å². The van der Waals surface area contributed by atoms with Crippen LogP contribution in [0.5, 0.6) is 5.75 Å². The number of benzene rings is 1. The Labute approximate surface area is 121 Å². The first-order valence-electron chi connectivity index (χ1n) is 3.28. The summed E-state index contributed by atoms with van der Waals surface area (Å²) in [4.78, 5) is 0. The van der Waals surface area contributed by atoms with Crippen molar-refractivity contribution in [1.29, 1.82) is 0 Å². The molecule has 0 aromatic heterocycles. The summed E-state index contributed by atoms with van der Waals surface area (Å²) in [6.45, 7) is 0. The normalized spacial score (nSPS) is 14.5. The van der Waals surface area contributed by atoms with E-state index in [2.05, 4.69) is 0 Å². The fourth-order valence-electron chi connectivity index (χ4n) is 0.754. The van der Waals surface area contributed by atoms with Gasteiger partial charge in [0.1, 0.15) is 0 Å². The van der Waals surface area contributed by atoms with Crippen molar-refractivity contribution in [2.75, 3.05) is 0 Å². The Morgan fingerprint density at radius 1 is 0.867 bits per heavy atom. The standard InChI is InChI=1S/C6H2Cl7OP/c7-3-1-4(8)6(5(9)2-3)14-15(10,11,12)13/h1-2H. The molecule has 15 heavy (non-hydrogen) atoms. The molecule has 0 aliphatic heterocycles. The van der Waals surface area contributed by atoms with E-state index in [9.17, 15) is 0 Å². The Bertz CT molecular complexity index is 366. The maximum absolute atomic E-state index is 5.80. The molecule has 9 heteroatoms. The van der Waals surface area contributed by atoms with E-state index in [1.54, 1.807) is 0 Å². The molecule has 0 bridgehead atoms. The Morgan fingerprint density at radius 3 is 1.60 bits per heavy atom. The minimum atomic E-state index is -4.26. The zero-order valence-electron chi connectivity index (χ0n) is 6.66. The van der Waals surface area contributed by atoms with Gasteiger partial charge in [0.25, 0.3) is 0 Å². The van der Waals surface area contributed by atoms with Gasteiger partial charge in [-0.05, 0) is 0 Å². The number of hydrogen-bond donors (Lipinski definition) is 0. The van der Waals surface area contributed by atoms with Crippen LogP contribution < -0.4 is 4.52 Å². The van der Waals surface area contributed by atoms with Crippen molar-refractivity contribution in [2.45, 2.75) is 0 Å². The van der Waals surface area contributed by atoms with Gasteiger partial charge in [-0.3, -0.25) is 0 Å². The molecule has 0 unspecified atom stereocenters. The van der Waals surface area contributed by atoms with Crippen LogP contribution in [0.2, 0.25) is 15.1 Å². The van der Waals surface area contributed by atoms with Gasteiger partial charge in [0.05, 0.1) is 0 Å². The van der Waals surface area contributed by atoms with Gasteiger partial charge in [0.15, 0.2) is 0 Å². The summed E-state index contributed by atoms with van der Waals surface area (Å²) < 4.78 is 0.713. The zero-order chi connectivity index (χ0) is 11.9. The third-order valence-corrected chi connectivity index (χ3v) is 3.26. The summed E-state index contributed by atoms with van der Waals surface area (Å²) in [5.41, 5.74) is 0. The van der Waals surface area contributed by atoms with Gasteiger partial charge in [-0.1, -0.05) is 0 Å². The Balaban J connectivity index is 3.17. The molecule has 0 radical (unpaired) electrons. The van der Waals surface area contributed by atoms with Crippen LogP contribution in [0.3, 0.4) is 0 Å². The molecule has 0 atom stereocenters. The van der Waals surface area contributed by atoms with E-state index in [0.29, 0.717) is 5.02 Å². The number of halogens is 7. The van der Waals surface area contributed by atoms with Gasteiger partial charge in [-0.2, -0.15) is 0 Å². The van der Waals surface area contributed by atoms with Crippen LogP contribution in [0.15, 0.2) is 12.1 Å². The van der Waals surface area contributed by atoms with E-state index in [1.807, 2.05) is 0 Å². The van der Waals surface area contributed by atoms with E-state index in [-0.39, 0.29) is 15.8 Å². The van der Waals surface area contributed by atoms with Crippen molar-refractivity contribution in [3.63, 3.8) is 0 Å². The molecular formula is C6H2Cl7OP. The average Bonchev–Trinajstić information content (AvgIpc) is 1.93. The summed E-state index contributed by atoms with van der Waals surface area (Å²) in [5, 5.41) is 0.569. The monoisotopic (exact) mass is 366 g/mol. The molecule has 1 rings (SSSR count). The van der Waals surface area contributed by atoms with E-state index in [4.69, 9.17) is 84.3 Å². The molecule has 0 spiro atoms. The number of hydrogen-bond acceptors (Lipinski definition) is 1. The predicted octanol–water partition coefficient (Wildman–Crippen LogP) is 7.11. The van der Waals surface area contributed by atoms with E-state index < -0.39 is 4.24 Å². The van der Waals surface area contributed by atoms with Crippen LogP contribution in [0, 0.1) is 0 Å². The number of rotatable bonds is 2. The van der Waals surface area contributed by atoms with Crippen LogP contribution in [0.4, 0.5) is 0 Å². The second kappa shape index (κ2) is 4.63. The molecule has 86 valence electrons. The minimum absolute atomic E-state index is 0.00426. The second-order valence-corrected chi connectivity index (χ2v) is 16.1. The first-order valence-corrected chi connectivity index (χ1v) is 10.2. The molecule has 0 amide bonds. The third-order valence-electron chi connectivity index (χ3n) is 1.19. The van der Waals surface area contributed by atoms with Gasteiger partial charge in [0, 0.05) is 0 Å². The van der Waals surface area contributed by atoms with E-state index >= 15 is 0 Å². The summed E-state index contributed by atoms with van der Waals surface area (Å²) in [7, 11) is 0. The topological polar surface area (TPSA) is 9.23 Å². The summed E-state index contributed by atoms with van der Waals surface area (Å²) >= 11 is 39.5. The van der Waals surface area contributed by atoms with Crippen LogP contribution in [0.1, 0.15) is 0 Å². The Morgan fingerprint density at radius 2 is 1.27 bits per heavy atom. The van der Waals surface area contributed by atoms with E-state index in [1.165, 1.54) is 12.1 Å². The van der Waals surface area contributed by atoms with Crippen molar-refractivity contribution >= 4 is 84.0 Å². The molecule has 0 N–H and O–H groups in total. The van der Waals surface area contributed by atoms with Crippen molar-refractivity contribution in [1.82, 2.24) is 0 Å². The third kappa shape index (κ3) is 5.10. The molecule has 0 saturated carbocycles. The van der Waals surface area contributed by atoms with Crippen molar-refractivity contribution in [3.8, 4) is 5.75 Å². The van der Waals surface area contributed by atoms with Crippen LogP contribution >= 0.6 is 84.0 Å². The van der Waals surface area contributed by atoms with Crippen molar-refractivity contribution in [3.05, 3.63) is 27.2 Å². The van der Waals surface area contributed by atoms with Crippen LogP contribution in [0.25, 0.3) is 0 Å². The average molecular weight is 369 g/mol. The fourth-order valence-corrected chi connectivity index (χ4v) is 3.06. The maximum atomic E-state index is 5.80. The van der Waals surface area contributed by atoms with Crippen molar-refractivity contribution in [2.24, 2.45) is 0 Å². The molecule has 0 aliphatic rings. The molecule has 0 fully saturated rings. The first kappa shape index (κ1) is 14.5. The van der Waals surface area contributed by atoms with Gasteiger partial charge >= 0.3 is 121 Å². The zero-order valence-corrected chi connectivity index (χ0v) is 12.8. The quantitative estimate of drug-likeness (QED) is 0.505. The molecule has 0 saturated heterocycles. The van der Waals surface area contributed by atoms with Gasteiger partial charge in [-0.15, -0.1) is 0 Å². The molecule has 0 heterocycles. The first-order chi connectivity index (χ1) is 6.55. The molecular weight excluding hydrogens is 367 g/mol. The second-order valence-electron chi connectivity index (χ2n) is 2.45. The summed E-state index contributed by atoms with van der Waals surface area (Å²) in [5.74, 6) is -0.00426. The summed E-state index contributed by atoms with van der Waals surface area (Å²) in [6.07, 6.45) is 0. The summed E-state index contributed by atoms with van der Waals surface area (Å²) in [6, 6.07) is 2.79. The molecule has 1 aromatic carbocycles. The van der Waals surface area contributed by atoms with Gasteiger partial charge in [-0.25, -0.2) is 0 Å². The van der Waals surface area contributed by atoms with Crippen molar-refractivity contribution < 1.29 is 4.52 Å². The van der Waals surface area contributed by atoms with Crippen LogP contribution in [-0.2, 0) is 0 Å². The Hall–Kier alpha value is 1.48. The molecule has 1 nitrogen and oxygen atoms in total. The fraction of sp³-hybridized carbons (Fsp3) is 0. The Kier molecular flexibility index (Phi) is 4.49. The SMILES string of the molecule is Clc1cc(Cl)c(OP(Cl)(Cl)(Cl)Cl)c(Cl)c1. The molecule has 1 aromatic rings.